The monoisotopic (exact) mass is 639 g/mol. The molecular weight excluding hydrogens is 590 g/mol. The molecule has 6 atom stereocenters. The quantitative estimate of drug-likeness (QED) is 0.166. The number of thioether (sulfide) groups is 1. The van der Waals surface area contributed by atoms with E-state index in [4.69, 9.17) is 0 Å². The van der Waals surface area contributed by atoms with Crippen molar-refractivity contribution < 1.29 is 19.5 Å². The Bertz CT molecular complexity index is 982. The maximum Gasteiger partial charge on any atom is 0.247 e. The van der Waals surface area contributed by atoms with Crippen molar-refractivity contribution in [3.05, 3.63) is 25.3 Å². The normalized spacial score (nSPS) is 29.4. The highest BCUT2D eigenvalue weighted by atomic mass is 79.9. The summed E-state index contributed by atoms with van der Waals surface area (Å²) in [6.45, 7) is 19.9. The van der Waals surface area contributed by atoms with Gasteiger partial charge in [-0.05, 0) is 44.9 Å². The summed E-state index contributed by atoms with van der Waals surface area (Å²) in [6, 6.07) is -0.639. The van der Waals surface area contributed by atoms with Crippen LogP contribution in [0.2, 0.25) is 0 Å². The van der Waals surface area contributed by atoms with Gasteiger partial charge in [0.2, 0.25) is 17.7 Å². The zero-order valence-corrected chi connectivity index (χ0v) is 27.7. The van der Waals surface area contributed by atoms with E-state index in [9.17, 15) is 19.5 Å². The molecule has 0 aromatic heterocycles. The molecular formula is C31H50BrN3O4S. The number of halogens is 1. The topological polar surface area (TPSA) is 81.2 Å². The van der Waals surface area contributed by atoms with Crippen molar-refractivity contribution in [2.75, 3.05) is 33.3 Å². The van der Waals surface area contributed by atoms with Gasteiger partial charge in [-0.1, -0.05) is 61.7 Å². The molecule has 0 saturated carbocycles. The van der Waals surface area contributed by atoms with Gasteiger partial charge in [-0.15, -0.1) is 24.9 Å². The van der Waals surface area contributed by atoms with Crippen molar-refractivity contribution in [3.63, 3.8) is 0 Å². The Morgan fingerprint density at radius 1 is 1.10 bits per heavy atom. The summed E-state index contributed by atoms with van der Waals surface area (Å²) in [6.07, 6.45) is 8.17. The smallest absolute Gasteiger partial charge is 0.247 e. The molecule has 1 spiro atoms. The lowest BCUT2D eigenvalue weighted by Gasteiger charge is -2.46. The fraction of sp³-hybridized carbons (Fsp3) is 0.774. The number of amides is 3. The van der Waals surface area contributed by atoms with E-state index in [1.807, 2.05) is 9.80 Å². The molecule has 3 saturated heterocycles. The molecule has 226 valence electrons. The number of carbonyl (C=O) groups is 3. The third-order valence-electron chi connectivity index (χ3n) is 8.67. The number of fused-ring (bicyclic) bond motifs is 1. The Labute approximate surface area is 254 Å². The molecule has 3 aliphatic heterocycles. The van der Waals surface area contributed by atoms with Crippen LogP contribution in [0.25, 0.3) is 0 Å². The van der Waals surface area contributed by atoms with Gasteiger partial charge in [-0.2, -0.15) is 0 Å². The fourth-order valence-electron chi connectivity index (χ4n) is 7.52. The Balaban J connectivity index is 2.06. The number of hydrogen-bond acceptors (Lipinski definition) is 5. The highest BCUT2D eigenvalue weighted by Gasteiger charge is 2.76. The molecule has 3 unspecified atom stereocenters. The molecule has 0 aromatic rings. The summed E-state index contributed by atoms with van der Waals surface area (Å²) >= 11 is 5.55. The number of carbonyl (C=O) groups excluding carboxylic acids is 3. The summed E-state index contributed by atoms with van der Waals surface area (Å²) in [5.74, 6) is -1.16. The molecule has 9 heteroatoms. The first-order valence-corrected chi connectivity index (χ1v) is 16.5. The number of aliphatic hydroxyl groups is 1. The van der Waals surface area contributed by atoms with E-state index in [1.165, 1.54) is 0 Å². The van der Waals surface area contributed by atoms with Crippen LogP contribution in [0.15, 0.2) is 25.3 Å². The van der Waals surface area contributed by atoms with Gasteiger partial charge < -0.3 is 19.8 Å². The largest absolute Gasteiger partial charge is 0.396 e. The zero-order chi connectivity index (χ0) is 30.0. The number of unbranched alkanes of at least 4 members (excludes halogenated alkanes) is 3. The van der Waals surface area contributed by atoms with Gasteiger partial charge >= 0.3 is 0 Å². The third-order valence-corrected chi connectivity index (χ3v) is 11.9. The van der Waals surface area contributed by atoms with Crippen LogP contribution in [-0.4, -0.2) is 97.2 Å². The standard InChI is InChI=1S/C31H50BrN3O4S/c1-9-15-33(8)26(37)22-23-27(38)34(17-13-11-12-14-18-36)25(31(23)19-21(32)24(22)40-31)28(39)35(16-10-2)30(6,7)20-29(3,4)5/h9-10,21-25,36H,1-2,11-20H2,3-8H3/t21?,22-,23-,24-,25?,31?/m0/s1. The van der Waals surface area contributed by atoms with E-state index < -0.39 is 28.2 Å². The van der Waals surface area contributed by atoms with E-state index in [1.54, 1.807) is 35.9 Å². The van der Waals surface area contributed by atoms with Crippen molar-refractivity contribution in [3.8, 4) is 0 Å². The second-order valence-corrected chi connectivity index (χ2v) is 16.3. The fourth-order valence-corrected chi connectivity index (χ4v) is 11.1. The molecule has 0 radical (unpaired) electrons. The van der Waals surface area contributed by atoms with Crippen LogP contribution in [0.5, 0.6) is 0 Å². The molecule has 3 heterocycles. The van der Waals surface area contributed by atoms with Crippen molar-refractivity contribution in [1.82, 2.24) is 14.7 Å². The number of likely N-dealkylation sites (N-methyl/N-ethyl adjacent to an activating group) is 1. The summed E-state index contributed by atoms with van der Waals surface area (Å²) in [5, 5.41) is 9.13. The Morgan fingerprint density at radius 3 is 2.30 bits per heavy atom. The minimum atomic E-state index is -0.662. The number of rotatable bonds is 14. The van der Waals surface area contributed by atoms with Crippen molar-refractivity contribution in [2.24, 2.45) is 17.3 Å². The first kappa shape index (κ1) is 33.2. The molecule has 2 bridgehead atoms. The van der Waals surface area contributed by atoms with E-state index in [2.05, 4.69) is 63.7 Å². The second-order valence-electron chi connectivity index (χ2n) is 13.6. The van der Waals surface area contributed by atoms with Crippen molar-refractivity contribution >= 4 is 45.4 Å². The lowest BCUT2D eigenvalue weighted by atomic mass is 9.70. The van der Waals surface area contributed by atoms with E-state index in [-0.39, 0.29) is 39.8 Å². The molecule has 3 amide bonds. The summed E-state index contributed by atoms with van der Waals surface area (Å²) < 4.78 is -0.662. The van der Waals surface area contributed by atoms with E-state index in [0.717, 1.165) is 32.1 Å². The zero-order valence-electron chi connectivity index (χ0n) is 25.3. The van der Waals surface area contributed by atoms with Crippen LogP contribution in [0.3, 0.4) is 0 Å². The first-order chi connectivity index (χ1) is 18.7. The molecule has 3 aliphatic rings. The summed E-state index contributed by atoms with van der Waals surface area (Å²) in [7, 11) is 1.76. The predicted molar refractivity (Wildman–Crippen MR) is 167 cm³/mol. The minimum Gasteiger partial charge on any atom is -0.396 e. The van der Waals surface area contributed by atoms with Crippen LogP contribution in [0.1, 0.15) is 73.1 Å². The van der Waals surface area contributed by atoms with Gasteiger partial charge in [0.15, 0.2) is 0 Å². The average Bonchev–Trinajstić information content (AvgIpc) is 3.43. The van der Waals surface area contributed by atoms with Crippen LogP contribution in [0.4, 0.5) is 0 Å². The second kappa shape index (κ2) is 12.9. The molecule has 3 rings (SSSR count). The number of nitrogens with zero attached hydrogens (tertiary/aromatic N) is 3. The maximum atomic E-state index is 14.8. The Morgan fingerprint density at radius 2 is 1.73 bits per heavy atom. The van der Waals surface area contributed by atoms with Gasteiger partial charge in [0.1, 0.15) is 6.04 Å². The molecule has 0 aliphatic carbocycles. The maximum absolute atomic E-state index is 14.8. The van der Waals surface area contributed by atoms with Gasteiger partial charge in [-0.3, -0.25) is 14.4 Å². The number of likely N-dealkylation sites (tertiary alicyclic amines) is 1. The Hall–Kier alpha value is -1.32. The molecule has 3 fully saturated rings. The predicted octanol–water partition coefficient (Wildman–Crippen LogP) is 4.88. The van der Waals surface area contributed by atoms with Gasteiger partial charge in [-0.25, -0.2) is 0 Å². The highest BCUT2D eigenvalue weighted by molar-refractivity contribution is 9.09. The van der Waals surface area contributed by atoms with Crippen LogP contribution in [0, 0.1) is 17.3 Å². The molecule has 1 N–H and O–H groups in total. The van der Waals surface area contributed by atoms with Crippen molar-refractivity contribution in [1.29, 1.82) is 0 Å². The van der Waals surface area contributed by atoms with Crippen LogP contribution >= 0.6 is 27.7 Å². The molecule has 0 aromatic carbocycles. The number of aliphatic hydroxyl groups excluding tert-OH is 1. The summed E-state index contributed by atoms with van der Waals surface area (Å²) in [4.78, 5) is 48.4. The minimum absolute atomic E-state index is 0.00330. The van der Waals surface area contributed by atoms with E-state index >= 15 is 0 Å². The lowest BCUT2D eigenvalue weighted by Crippen LogP contribution is -2.60. The van der Waals surface area contributed by atoms with Gasteiger partial charge in [0.25, 0.3) is 0 Å². The van der Waals surface area contributed by atoms with Crippen molar-refractivity contribution in [2.45, 2.75) is 99.5 Å². The lowest BCUT2D eigenvalue weighted by molar-refractivity contribution is -0.147. The molecule has 40 heavy (non-hydrogen) atoms. The first-order valence-electron chi connectivity index (χ1n) is 14.7. The summed E-state index contributed by atoms with van der Waals surface area (Å²) in [5.41, 5.74) is -0.459. The van der Waals surface area contributed by atoms with Crippen LogP contribution < -0.4 is 0 Å². The van der Waals surface area contributed by atoms with Gasteiger partial charge in [0.05, 0.1) is 16.6 Å². The van der Waals surface area contributed by atoms with E-state index in [0.29, 0.717) is 26.1 Å². The highest BCUT2D eigenvalue weighted by Crippen LogP contribution is 2.68. The van der Waals surface area contributed by atoms with Crippen LogP contribution in [-0.2, 0) is 14.4 Å². The molecule has 7 nitrogen and oxygen atoms in total. The Kier molecular flexibility index (Phi) is 10.7. The average molecular weight is 641 g/mol. The SMILES string of the molecule is C=CCN(C)C(=O)[C@H]1[C@H]2C(=O)N(CCCCCCO)C(C(=O)N(CC=C)C(C)(C)CC(C)(C)C)C23CC(Br)[C@@H]1S3. The number of hydrogen-bond donors (Lipinski definition) is 1. The number of alkyl halides is 1. The third kappa shape index (κ3) is 6.36. The van der Waals surface area contributed by atoms with Gasteiger partial charge in [0, 0.05) is 48.9 Å².